The highest BCUT2D eigenvalue weighted by Gasteiger charge is 2.33. The van der Waals surface area contributed by atoms with Crippen LogP contribution in [0.15, 0.2) is 24.3 Å². The summed E-state index contributed by atoms with van der Waals surface area (Å²) in [4.78, 5) is 14.3. The molecule has 4 nitrogen and oxygen atoms in total. The van der Waals surface area contributed by atoms with E-state index in [2.05, 4.69) is 17.1 Å². The number of nitrogens with one attached hydrogen (secondary N) is 1. The van der Waals surface area contributed by atoms with Gasteiger partial charge in [-0.25, -0.2) is 0 Å². The number of benzene rings is 1. The Kier molecular flexibility index (Phi) is 7.13. The highest BCUT2D eigenvalue weighted by Crippen LogP contribution is 2.28. The fourth-order valence-electron chi connectivity index (χ4n) is 2.82. The van der Waals surface area contributed by atoms with Gasteiger partial charge in [-0.2, -0.15) is 0 Å². The lowest BCUT2D eigenvalue weighted by Gasteiger charge is -2.23. The van der Waals surface area contributed by atoms with E-state index in [0.29, 0.717) is 18.1 Å². The molecule has 1 amide bonds. The zero-order valence-corrected chi connectivity index (χ0v) is 14.7. The number of nitrogens with two attached hydrogens (primary N) is 1. The molecule has 0 bridgehead atoms. The van der Waals surface area contributed by atoms with Gasteiger partial charge < -0.3 is 11.1 Å². The number of amides is 1. The predicted molar refractivity (Wildman–Crippen MR) is 93.5 cm³/mol. The van der Waals surface area contributed by atoms with Crippen LogP contribution in [0.1, 0.15) is 31.9 Å². The molecule has 3 N–H and O–H groups in total. The number of carbonyl (C=O) groups is 1. The van der Waals surface area contributed by atoms with Gasteiger partial charge in [0.25, 0.3) is 0 Å². The minimum atomic E-state index is -0.0882. The highest BCUT2D eigenvalue weighted by molar-refractivity contribution is 6.31. The van der Waals surface area contributed by atoms with Crippen molar-refractivity contribution in [1.82, 2.24) is 10.2 Å². The van der Waals surface area contributed by atoms with Crippen LogP contribution in [0.3, 0.4) is 0 Å². The zero-order chi connectivity index (χ0) is 15.5. The van der Waals surface area contributed by atoms with Crippen molar-refractivity contribution in [2.45, 2.75) is 26.3 Å². The molecule has 1 fully saturated rings. The molecular weight excluding hydrogens is 321 g/mol. The summed E-state index contributed by atoms with van der Waals surface area (Å²) in [5.41, 5.74) is 6.89. The molecule has 1 heterocycles. The van der Waals surface area contributed by atoms with Crippen LogP contribution in [0, 0.1) is 5.41 Å². The van der Waals surface area contributed by atoms with Crippen LogP contribution in [0.25, 0.3) is 0 Å². The quantitative estimate of drug-likeness (QED) is 0.862. The van der Waals surface area contributed by atoms with Crippen molar-refractivity contribution in [3.05, 3.63) is 34.9 Å². The first kappa shape index (κ1) is 19.2. The molecule has 1 aromatic carbocycles. The molecule has 6 heteroatoms. The first-order valence-electron chi connectivity index (χ1n) is 7.40. The van der Waals surface area contributed by atoms with E-state index in [1.54, 1.807) is 0 Å². The van der Waals surface area contributed by atoms with Crippen LogP contribution in [-0.2, 0) is 4.79 Å². The third-order valence-corrected chi connectivity index (χ3v) is 4.59. The van der Waals surface area contributed by atoms with Gasteiger partial charge in [-0.1, -0.05) is 36.7 Å². The molecule has 0 aromatic heterocycles. The summed E-state index contributed by atoms with van der Waals surface area (Å²) >= 11 is 6.15. The van der Waals surface area contributed by atoms with Crippen LogP contribution in [0.5, 0.6) is 0 Å². The van der Waals surface area contributed by atoms with Crippen LogP contribution in [0.2, 0.25) is 5.02 Å². The monoisotopic (exact) mass is 345 g/mol. The molecule has 2 atom stereocenters. The van der Waals surface area contributed by atoms with Crippen LogP contribution in [-0.4, -0.2) is 37.0 Å². The van der Waals surface area contributed by atoms with Gasteiger partial charge in [-0.3, -0.25) is 9.69 Å². The van der Waals surface area contributed by atoms with Gasteiger partial charge in [0.15, 0.2) is 0 Å². The van der Waals surface area contributed by atoms with Gasteiger partial charge >= 0.3 is 0 Å². The topological polar surface area (TPSA) is 58.4 Å². The third kappa shape index (κ3) is 4.85. The largest absolute Gasteiger partial charge is 0.348 e. The lowest BCUT2D eigenvalue weighted by molar-refractivity contribution is -0.122. The molecule has 0 saturated carbocycles. The maximum Gasteiger partial charge on any atom is 0.234 e. The number of halogens is 2. The van der Waals surface area contributed by atoms with Crippen LogP contribution in [0.4, 0.5) is 0 Å². The van der Waals surface area contributed by atoms with E-state index in [0.717, 1.165) is 25.1 Å². The number of rotatable bonds is 5. The summed E-state index contributed by atoms with van der Waals surface area (Å²) in [7, 11) is 0. The summed E-state index contributed by atoms with van der Waals surface area (Å²) in [6, 6.07) is 7.51. The highest BCUT2D eigenvalue weighted by atomic mass is 35.5. The summed E-state index contributed by atoms with van der Waals surface area (Å²) in [6.07, 6.45) is 1.05. The summed E-state index contributed by atoms with van der Waals surface area (Å²) in [5, 5.41) is 3.70. The summed E-state index contributed by atoms with van der Waals surface area (Å²) < 4.78 is 0. The second kappa shape index (κ2) is 8.16. The van der Waals surface area contributed by atoms with Gasteiger partial charge in [-0.15, -0.1) is 12.4 Å². The van der Waals surface area contributed by atoms with Gasteiger partial charge in [0, 0.05) is 11.6 Å². The van der Waals surface area contributed by atoms with E-state index in [4.69, 9.17) is 17.3 Å². The van der Waals surface area contributed by atoms with E-state index in [1.165, 1.54) is 0 Å². The van der Waals surface area contributed by atoms with Crippen molar-refractivity contribution in [3.63, 3.8) is 0 Å². The molecule has 1 saturated heterocycles. The molecule has 2 rings (SSSR count). The smallest absolute Gasteiger partial charge is 0.234 e. The second-order valence-corrected chi connectivity index (χ2v) is 6.69. The number of carbonyl (C=O) groups excluding carboxylic acids is 1. The molecule has 1 aliphatic heterocycles. The summed E-state index contributed by atoms with van der Waals surface area (Å²) in [6.45, 7) is 7.04. The average Bonchev–Trinajstić information content (AvgIpc) is 2.81. The normalized spacial score (nSPS) is 22.9. The lowest BCUT2D eigenvalue weighted by Crippen LogP contribution is -2.39. The lowest BCUT2D eigenvalue weighted by atomic mass is 9.90. The number of hydrogen-bond acceptors (Lipinski definition) is 3. The fraction of sp³-hybridized carbons (Fsp3) is 0.562. The fourth-order valence-corrected chi connectivity index (χ4v) is 3.12. The molecule has 0 spiro atoms. The van der Waals surface area contributed by atoms with Crippen LogP contribution < -0.4 is 11.1 Å². The Morgan fingerprint density at radius 2 is 2.18 bits per heavy atom. The van der Waals surface area contributed by atoms with Crippen molar-refractivity contribution in [1.29, 1.82) is 0 Å². The van der Waals surface area contributed by atoms with Gasteiger partial charge in [-0.05, 0) is 43.5 Å². The zero-order valence-electron chi connectivity index (χ0n) is 13.1. The number of nitrogens with zero attached hydrogens (tertiary/aromatic N) is 1. The molecular formula is C16H25Cl2N3O. The average molecular weight is 346 g/mol. The van der Waals surface area contributed by atoms with Gasteiger partial charge in [0.05, 0.1) is 12.6 Å². The first-order valence-corrected chi connectivity index (χ1v) is 7.77. The van der Waals surface area contributed by atoms with E-state index < -0.39 is 0 Å². The molecule has 22 heavy (non-hydrogen) atoms. The SMILES string of the molecule is CC(NC(=O)CN1CCC(C)(CN)C1)c1ccccc1Cl.Cl. The van der Waals surface area contributed by atoms with Crippen molar-refractivity contribution in [2.24, 2.45) is 11.1 Å². The van der Waals surface area contributed by atoms with Gasteiger partial charge in [0.2, 0.25) is 5.91 Å². The maximum atomic E-state index is 12.2. The Morgan fingerprint density at radius 1 is 1.50 bits per heavy atom. The van der Waals surface area contributed by atoms with Crippen molar-refractivity contribution in [3.8, 4) is 0 Å². The van der Waals surface area contributed by atoms with Gasteiger partial charge in [0.1, 0.15) is 0 Å². The molecule has 0 radical (unpaired) electrons. The first-order chi connectivity index (χ1) is 9.93. The molecule has 2 unspecified atom stereocenters. The summed E-state index contributed by atoms with van der Waals surface area (Å²) in [5.74, 6) is 0.0312. The van der Waals surface area contributed by atoms with E-state index in [9.17, 15) is 4.79 Å². The Hall–Kier alpha value is -0.810. The molecule has 1 aromatic rings. The van der Waals surface area contributed by atoms with Crippen molar-refractivity contribution < 1.29 is 4.79 Å². The Balaban J connectivity index is 0.00000242. The van der Waals surface area contributed by atoms with E-state index in [1.807, 2.05) is 31.2 Å². The Morgan fingerprint density at radius 3 is 2.77 bits per heavy atom. The van der Waals surface area contributed by atoms with E-state index in [-0.39, 0.29) is 29.8 Å². The predicted octanol–water partition coefficient (Wildman–Crippen LogP) is 2.61. The molecule has 124 valence electrons. The second-order valence-electron chi connectivity index (χ2n) is 6.29. The molecule has 1 aliphatic rings. The standard InChI is InChI=1S/C16H24ClN3O.ClH/c1-12(13-5-3-4-6-14(13)17)19-15(21)9-20-8-7-16(2,10-18)11-20;/h3-6,12H,7-11,18H2,1-2H3,(H,19,21);1H. The number of hydrogen-bond donors (Lipinski definition) is 2. The Bertz CT molecular complexity index is 512. The number of likely N-dealkylation sites (tertiary alicyclic amines) is 1. The van der Waals surface area contributed by atoms with E-state index >= 15 is 0 Å². The minimum Gasteiger partial charge on any atom is -0.348 e. The Labute approximate surface area is 143 Å². The van der Waals surface area contributed by atoms with Crippen molar-refractivity contribution >= 4 is 29.9 Å². The molecule has 0 aliphatic carbocycles. The van der Waals surface area contributed by atoms with Crippen LogP contribution >= 0.6 is 24.0 Å². The third-order valence-electron chi connectivity index (χ3n) is 4.25. The van der Waals surface area contributed by atoms with Crippen molar-refractivity contribution in [2.75, 3.05) is 26.2 Å². The maximum absolute atomic E-state index is 12.2. The minimum absolute atomic E-state index is 0.